The van der Waals surface area contributed by atoms with Crippen LogP contribution in [0.3, 0.4) is 0 Å². The van der Waals surface area contributed by atoms with Gasteiger partial charge in [0.15, 0.2) is 6.29 Å². The van der Waals surface area contributed by atoms with Crippen molar-refractivity contribution in [1.29, 1.82) is 0 Å². The van der Waals surface area contributed by atoms with Crippen LogP contribution in [-0.4, -0.2) is 212 Å². The molecule has 3 rings (SSSR count). The third-order valence-corrected chi connectivity index (χ3v) is 8.60. The monoisotopic (exact) mass is 690 g/mol. The molecule has 2 unspecified atom stereocenters. The number of carboxylic acid groups (broad SMARTS) is 1. The van der Waals surface area contributed by atoms with Crippen LogP contribution >= 0.6 is 0 Å². The Hall–Kier alpha value is -2.07. The third kappa shape index (κ3) is 6.88. The summed E-state index contributed by atoms with van der Waals surface area (Å²) in [6.07, 6.45) is -26.2. The van der Waals surface area contributed by atoms with Gasteiger partial charge in [-0.2, -0.15) is 0 Å². The van der Waals surface area contributed by atoms with E-state index in [1.807, 2.05) is 0 Å². The number of hydrogen-bond donors (Lipinski definition) is 14. The minimum atomic E-state index is -3.76. The van der Waals surface area contributed by atoms with Crippen molar-refractivity contribution in [3.8, 4) is 0 Å². The van der Waals surface area contributed by atoms with Crippen LogP contribution in [0.25, 0.3) is 0 Å². The van der Waals surface area contributed by atoms with Gasteiger partial charge in [0.25, 0.3) is 5.91 Å². The highest BCUT2D eigenvalue weighted by Gasteiger charge is 2.74. The third-order valence-electron chi connectivity index (χ3n) is 8.60. The van der Waals surface area contributed by atoms with E-state index >= 15 is 0 Å². The maximum atomic E-state index is 13.0. The molecule has 0 aliphatic carbocycles. The average Bonchev–Trinajstić information content (AvgIpc) is 3.03. The molecular weight excluding hydrogens is 648 g/mol. The van der Waals surface area contributed by atoms with Crippen LogP contribution in [0.15, 0.2) is 0 Å². The number of nitrogens with two attached hydrogens (primary N) is 1. The van der Waals surface area contributed by atoms with Gasteiger partial charge < -0.3 is 91.1 Å². The topological polar surface area (TPSA) is 380 Å². The molecule has 3 saturated heterocycles. The van der Waals surface area contributed by atoms with E-state index in [4.69, 9.17) is 24.7 Å². The Labute approximate surface area is 265 Å². The van der Waals surface area contributed by atoms with Crippen LogP contribution in [0.1, 0.15) is 13.3 Å². The molecule has 15 N–H and O–H groups in total. The fourth-order valence-corrected chi connectivity index (χ4v) is 6.06. The Morgan fingerprint density at radius 2 is 1.53 bits per heavy atom. The zero-order chi connectivity index (χ0) is 35.8. The van der Waals surface area contributed by atoms with Crippen molar-refractivity contribution in [2.75, 3.05) is 26.4 Å². The number of amides is 2. The van der Waals surface area contributed by atoms with Crippen molar-refractivity contribution in [3.05, 3.63) is 0 Å². The Morgan fingerprint density at radius 3 is 2.02 bits per heavy atom. The Balaban J connectivity index is 2.23. The molecule has 3 aliphatic rings. The number of aliphatic carboxylic acids is 1. The summed E-state index contributed by atoms with van der Waals surface area (Å²) in [6.45, 7) is -4.13. The Bertz CT molecular complexity index is 1120. The van der Waals surface area contributed by atoms with Gasteiger partial charge in [0.05, 0.1) is 32.0 Å². The zero-order valence-electron chi connectivity index (χ0n) is 24.8. The van der Waals surface area contributed by atoms with Gasteiger partial charge in [-0.3, -0.25) is 14.5 Å². The number of ether oxygens (including phenoxy) is 4. The van der Waals surface area contributed by atoms with Gasteiger partial charge in [0.2, 0.25) is 17.3 Å². The first-order valence-electron chi connectivity index (χ1n) is 14.3. The first kappa shape index (κ1) is 39.4. The molecule has 2 amide bonds. The minimum Gasteiger partial charge on any atom is -0.479 e. The average molecular weight is 691 g/mol. The predicted octanol–water partition coefficient (Wildman–Crippen LogP) is -9.64. The van der Waals surface area contributed by atoms with Gasteiger partial charge in [0.1, 0.15) is 73.7 Å². The van der Waals surface area contributed by atoms with Crippen molar-refractivity contribution in [1.82, 2.24) is 4.90 Å². The van der Waals surface area contributed by atoms with Crippen LogP contribution in [0.2, 0.25) is 0 Å². The summed E-state index contributed by atoms with van der Waals surface area (Å²) in [5.74, 6) is -8.92. The van der Waals surface area contributed by atoms with E-state index in [1.165, 1.54) is 0 Å². The first-order valence-corrected chi connectivity index (χ1v) is 14.3. The summed E-state index contributed by atoms with van der Waals surface area (Å²) >= 11 is 0. The number of imide groups is 1. The van der Waals surface area contributed by atoms with Crippen LogP contribution in [0.4, 0.5) is 0 Å². The van der Waals surface area contributed by atoms with Crippen LogP contribution in [-0.2, 0) is 33.3 Å². The van der Waals surface area contributed by atoms with Gasteiger partial charge in [-0.15, -0.1) is 0 Å². The highest BCUT2D eigenvalue weighted by Crippen LogP contribution is 2.48. The van der Waals surface area contributed by atoms with E-state index in [0.29, 0.717) is 6.92 Å². The van der Waals surface area contributed by atoms with Crippen molar-refractivity contribution in [2.24, 2.45) is 5.73 Å². The number of carbonyl (C=O) groups is 3. The maximum Gasteiger partial charge on any atom is 0.341 e. The highest BCUT2D eigenvalue weighted by molar-refractivity contribution is 5.95. The lowest BCUT2D eigenvalue weighted by atomic mass is 9.72. The molecule has 22 heteroatoms. The van der Waals surface area contributed by atoms with Gasteiger partial charge in [-0.25, -0.2) is 4.79 Å². The molecule has 0 aromatic carbocycles. The summed E-state index contributed by atoms with van der Waals surface area (Å²) in [6, 6.07) is -4.43. The summed E-state index contributed by atoms with van der Waals surface area (Å²) in [5, 5.41) is 135. The van der Waals surface area contributed by atoms with Crippen LogP contribution < -0.4 is 5.73 Å². The van der Waals surface area contributed by atoms with E-state index < -0.39 is 148 Å². The number of aliphatic hydroxyl groups excluding tert-OH is 11. The number of nitrogens with zero attached hydrogens (tertiary/aromatic N) is 1. The van der Waals surface area contributed by atoms with Gasteiger partial charge in [-0.05, 0) is 0 Å². The number of carbonyl (C=O) groups excluding carboxylic acids is 2. The molecular formula is C25H42N2O20. The summed E-state index contributed by atoms with van der Waals surface area (Å²) in [7, 11) is 0. The largest absolute Gasteiger partial charge is 0.479 e. The molecule has 22 nitrogen and oxygen atoms in total. The molecule has 272 valence electrons. The number of rotatable bonds is 11. The fourth-order valence-electron chi connectivity index (χ4n) is 6.06. The van der Waals surface area contributed by atoms with Gasteiger partial charge >= 0.3 is 5.97 Å². The lowest BCUT2D eigenvalue weighted by Crippen LogP contribution is -2.83. The predicted molar refractivity (Wildman–Crippen MR) is 143 cm³/mol. The molecule has 0 aromatic heterocycles. The molecule has 3 fully saturated rings. The zero-order valence-corrected chi connectivity index (χ0v) is 24.8. The van der Waals surface area contributed by atoms with Crippen molar-refractivity contribution >= 4 is 17.8 Å². The van der Waals surface area contributed by atoms with E-state index in [-0.39, 0.29) is 4.90 Å². The lowest BCUT2D eigenvalue weighted by molar-refractivity contribution is -0.415. The Morgan fingerprint density at radius 1 is 0.936 bits per heavy atom. The second-order valence-electron chi connectivity index (χ2n) is 11.5. The smallest absolute Gasteiger partial charge is 0.341 e. The molecule has 3 aliphatic heterocycles. The molecule has 0 bridgehead atoms. The highest BCUT2D eigenvalue weighted by atomic mass is 16.7. The Kier molecular flexibility index (Phi) is 12.8. The standard InChI is InChI=1S/C25H42N2O20/c1-7(32)27(12(35)6-31)21-18(40)19(45-22-17(39)16(38)15(37)10(4-29)44-22)11(5-30)46-25(21,43)24(23(41)42)2-8(33)13(26)20(47-24)14(36)9(34)3-28/h8-11,13-22,28-31,33-34,36-40,43H,2-6,26H2,1H3,(H,41,42)/t8-,9+,10+,11+,13+,14+,15-,16-,17+,18-,19+,20+,21+,22-,24?,25?/m0/s1. The first-order chi connectivity index (χ1) is 21.9. The summed E-state index contributed by atoms with van der Waals surface area (Å²) < 4.78 is 21.9. The summed E-state index contributed by atoms with van der Waals surface area (Å²) in [4.78, 5) is 38.7. The molecule has 0 spiro atoms. The molecule has 47 heavy (non-hydrogen) atoms. The molecule has 0 aromatic rings. The second-order valence-corrected chi connectivity index (χ2v) is 11.5. The number of aliphatic hydroxyl groups is 12. The van der Waals surface area contributed by atoms with Gasteiger partial charge in [0, 0.05) is 13.3 Å². The molecule has 0 saturated carbocycles. The van der Waals surface area contributed by atoms with Crippen LogP contribution in [0, 0.1) is 0 Å². The van der Waals surface area contributed by atoms with E-state index in [9.17, 15) is 80.8 Å². The van der Waals surface area contributed by atoms with Gasteiger partial charge in [-0.1, -0.05) is 0 Å². The minimum absolute atomic E-state index is 0.0368. The normalized spacial score (nSPS) is 44.0. The fraction of sp³-hybridized carbons (Fsp3) is 0.880. The second kappa shape index (κ2) is 15.2. The van der Waals surface area contributed by atoms with Crippen molar-refractivity contribution in [2.45, 2.75) is 110 Å². The van der Waals surface area contributed by atoms with Crippen molar-refractivity contribution in [3.63, 3.8) is 0 Å². The van der Waals surface area contributed by atoms with Crippen LogP contribution in [0.5, 0.6) is 0 Å². The SMILES string of the molecule is CC(=O)N(C(=O)CO)[C@@H]1[C@@H](O)[C@H](O[C@@H]2O[C@H](CO)[C@H](O)[C@H](O)[C@H]2O)[C@@H](CO)OC1(O)C1(C(=O)O)C[C@H](O)[C@@H](N)[C@H]([C@H](O)[C@H](O)CO)O1. The van der Waals surface area contributed by atoms with E-state index in [1.54, 1.807) is 0 Å². The van der Waals surface area contributed by atoms with Crippen molar-refractivity contribution < 1.29 is 99.7 Å². The number of hydrogen-bond acceptors (Lipinski definition) is 20. The number of carboxylic acids is 1. The molecule has 16 atom stereocenters. The molecule has 3 heterocycles. The molecule has 0 radical (unpaired) electrons. The summed E-state index contributed by atoms with van der Waals surface area (Å²) in [5.41, 5.74) is 2.43. The van der Waals surface area contributed by atoms with E-state index in [0.717, 1.165) is 0 Å². The van der Waals surface area contributed by atoms with E-state index in [2.05, 4.69) is 0 Å². The quantitative estimate of drug-likeness (QED) is 0.0956. The maximum absolute atomic E-state index is 13.0. The lowest BCUT2D eigenvalue weighted by Gasteiger charge is -2.59.